The maximum atomic E-state index is 13.0. The summed E-state index contributed by atoms with van der Waals surface area (Å²) in [6.45, 7) is 3.43. The minimum Gasteiger partial charge on any atom is -0.388 e. The van der Waals surface area contributed by atoms with E-state index in [1.807, 2.05) is 19.0 Å². The number of hydrogen-bond donors (Lipinski definition) is 3. The van der Waals surface area contributed by atoms with E-state index in [1.165, 1.54) is 12.1 Å². The monoisotopic (exact) mass is 306 g/mol. The zero-order chi connectivity index (χ0) is 16.2. The van der Waals surface area contributed by atoms with Gasteiger partial charge in [0.05, 0.1) is 17.5 Å². The number of nitrogens with one attached hydrogen (secondary N) is 2. The van der Waals surface area contributed by atoms with Gasteiger partial charge in [0.25, 0.3) is 0 Å². The van der Waals surface area contributed by atoms with Gasteiger partial charge in [-0.1, -0.05) is 0 Å². The van der Waals surface area contributed by atoms with Crippen molar-refractivity contribution in [3.63, 3.8) is 0 Å². The van der Waals surface area contributed by atoms with Crippen molar-refractivity contribution in [3.8, 4) is 11.3 Å². The van der Waals surface area contributed by atoms with Gasteiger partial charge >= 0.3 is 0 Å². The smallest absolute Gasteiger partial charge is 0.123 e. The Morgan fingerprint density at radius 2 is 2.00 bits per heavy atom. The van der Waals surface area contributed by atoms with Crippen LogP contribution in [0.3, 0.4) is 0 Å². The summed E-state index contributed by atoms with van der Waals surface area (Å²) in [7, 11) is 3.86. The summed E-state index contributed by atoms with van der Waals surface area (Å²) >= 11 is 0. The number of H-pyrrole nitrogens is 1. The van der Waals surface area contributed by atoms with Crippen molar-refractivity contribution in [1.29, 1.82) is 0 Å². The number of benzene rings is 1. The second-order valence-electron chi connectivity index (χ2n) is 6.12. The van der Waals surface area contributed by atoms with Crippen molar-refractivity contribution in [2.45, 2.75) is 19.1 Å². The normalized spacial score (nSPS) is 14.3. The molecular formula is C16H23FN4O. The Bertz CT molecular complexity index is 592. The van der Waals surface area contributed by atoms with E-state index in [2.05, 4.69) is 15.5 Å². The standard InChI is InChI=1S/C16H23FN4O/c1-16(22,11-21(2)3)10-18-8-13-9-19-20-15(13)12-4-6-14(17)7-5-12/h4-7,9,18,22H,8,10-11H2,1-3H3,(H,19,20). The number of aromatic amines is 1. The number of hydrogen-bond acceptors (Lipinski definition) is 4. The number of rotatable bonds is 7. The van der Waals surface area contributed by atoms with Crippen LogP contribution in [0.1, 0.15) is 12.5 Å². The average Bonchev–Trinajstić information content (AvgIpc) is 2.86. The van der Waals surface area contributed by atoms with Gasteiger partial charge in [0.2, 0.25) is 0 Å². The van der Waals surface area contributed by atoms with Crippen LogP contribution >= 0.6 is 0 Å². The third-order valence-corrected chi connectivity index (χ3v) is 3.33. The van der Waals surface area contributed by atoms with Crippen molar-refractivity contribution in [2.75, 3.05) is 27.2 Å². The first-order valence-electron chi connectivity index (χ1n) is 7.23. The summed E-state index contributed by atoms with van der Waals surface area (Å²) in [6.07, 6.45) is 1.74. The molecule has 2 rings (SSSR count). The molecule has 0 spiro atoms. The summed E-state index contributed by atoms with van der Waals surface area (Å²) in [5.41, 5.74) is 1.92. The molecule has 0 radical (unpaired) electrons. The number of aliphatic hydroxyl groups is 1. The Kier molecular flexibility index (Phi) is 5.28. The Labute approximate surface area is 130 Å². The van der Waals surface area contributed by atoms with Gasteiger partial charge < -0.3 is 15.3 Å². The molecule has 6 heteroatoms. The van der Waals surface area contributed by atoms with E-state index < -0.39 is 5.60 Å². The van der Waals surface area contributed by atoms with Gasteiger partial charge in [-0.25, -0.2) is 4.39 Å². The molecule has 0 amide bonds. The maximum absolute atomic E-state index is 13.0. The SMILES string of the molecule is CN(C)CC(C)(O)CNCc1cn[nH]c1-c1ccc(F)cc1. The fourth-order valence-electron chi connectivity index (χ4n) is 2.52. The predicted molar refractivity (Wildman–Crippen MR) is 84.9 cm³/mol. The molecule has 120 valence electrons. The molecule has 1 atom stereocenters. The molecule has 0 saturated heterocycles. The largest absolute Gasteiger partial charge is 0.388 e. The van der Waals surface area contributed by atoms with Crippen LogP contribution in [0.2, 0.25) is 0 Å². The third-order valence-electron chi connectivity index (χ3n) is 3.33. The lowest BCUT2D eigenvalue weighted by Gasteiger charge is -2.27. The molecule has 1 aromatic carbocycles. The van der Waals surface area contributed by atoms with E-state index in [4.69, 9.17) is 0 Å². The minimum atomic E-state index is -0.802. The lowest BCUT2D eigenvalue weighted by molar-refractivity contribution is 0.0336. The van der Waals surface area contributed by atoms with E-state index in [9.17, 15) is 9.50 Å². The van der Waals surface area contributed by atoms with E-state index in [-0.39, 0.29) is 5.82 Å². The van der Waals surface area contributed by atoms with E-state index in [1.54, 1.807) is 25.3 Å². The molecule has 2 aromatic rings. The van der Waals surface area contributed by atoms with Crippen LogP contribution in [-0.4, -0.2) is 53.0 Å². The Hall–Kier alpha value is -1.76. The first-order chi connectivity index (χ1) is 10.4. The van der Waals surface area contributed by atoms with Crippen LogP contribution in [-0.2, 0) is 6.54 Å². The molecule has 1 unspecified atom stereocenters. The Morgan fingerprint density at radius 1 is 1.32 bits per heavy atom. The van der Waals surface area contributed by atoms with Gasteiger partial charge in [-0.15, -0.1) is 0 Å². The second kappa shape index (κ2) is 7.00. The Balaban J connectivity index is 1.97. The summed E-state index contributed by atoms with van der Waals surface area (Å²) in [4.78, 5) is 1.95. The molecule has 0 aliphatic heterocycles. The van der Waals surface area contributed by atoms with E-state index >= 15 is 0 Å². The number of nitrogens with zero attached hydrogens (tertiary/aromatic N) is 2. The maximum Gasteiger partial charge on any atom is 0.123 e. The van der Waals surface area contributed by atoms with Crippen LogP contribution in [0.4, 0.5) is 4.39 Å². The predicted octanol–water partition coefficient (Wildman–Crippen LogP) is 1.62. The first kappa shape index (κ1) is 16.6. The lowest BCUT2D eigenvalue weighted by atomic mass is 10.1. The molecule has 0 saturated carbocycles. The van der Waals surface area contributed by atoms with Gasteiger partial charge in [-0.05, 0) is 45.3 Å². The quantitative estimate of drug-likeness (QED) is 0.727. The van der Waals surface area contributed by atoms with Crippen LogP contribution in [0.15, 0.2) is 30.5 Å². The summed E-state index contributed by atoms with van der Waals surface area (Å²) in [6, 6.07) is 6.29. The molecule has 22 heavy (non-hydrogen) atoms. The zero-order valence-corrected chi connectivity index (χ0v) is 13.2. The second-order valence-corrected chi connectivity index (χ2v) is 6.12. The average molecular weight is 306 g/mol. The minimum absolute atomic E-state index is 0.261. The van der Waals surface area contributed by atoms with Crippen LogP contribution in [0.5, 0.6) is 0 Å². The fourth-order valence-corrected chi connectivity index (χ4v) is 2.52. The summed E-state index contributed by atoms with van der Waals surface area (Å²) in [5.74, 6) is -0.261. The van der Waals surface area contributed by atoms with Crippen LogP contribution in [0.25, 0.3) is 11.3 Å². The molecule has 0 aliphatic rings. The molecule has 1 heterocycles. The summed E-state index contributed by atoms with van der Waals surface area (Å²) in [5, 5.41) is 20.5. The zero-order valence-electron chi connectivity index (χ0n) is 13.2. The highest BCUT2D eigenvalue weighted by Crippen LogP contribution is 2.21. The molecule has 0 fully saturated rings. The first-order valence-corrected chi connectivity index (χ1v) is 7.23. The fraction of sp³-hybridized carbons (Fsp3) is 0.438. The van der Waals surface area contributed by atoms with Gasteiger partial charge in [0.15, 0.2) is 0 Å². The van der Waals surface area contributed by atoms with Crippen LogP contribution in [0, 0.1) is 5.82 Å². The highest BCUT2D eigenvalue weighted by molar-refractivity contribution is 5.62. The third kappa shape index (κ3) is 4.62. The number of likely N-dealkylation sites (N-methyl/N-ethyl adjacent to an activating group) is 1. The highest BCUT2D eigenvalue weighted by atomic mass is 19.1. The molecule has 5 nitrogen and oxygen atoms in total. The topological polar surface area (TPSA) is 64.2 Å². The van der Waals surface area contributed by atoms with Crippen LogP contribution < -0.4 is 5.32 Å². The van der Waals surface area contributed by atoms with E-state index in [0.717, 1.165) is 16.8 Å². The van der Waals surface area contributed by atoms with Crippen molar-refractivity contribution >= 4 is 0 Å². The number of aromatic nitrogens is 2. The van der Waals surface area contributed by atoms with Gasteiger partial charge in [0, 0.05) is 30.8 Å². The molecule has 3 N–H and O–H groups in total. The van der Waals surface area contributed by atoms with Crippen molar-refractivity contribution in [1.82, 2.24) is 20.4 Å². The number of halogens is 1. The Morgan fingerprint density at radius 3 is 2.64 bits per heavy atom. The van der Waals surface area contributed by atoms with Crippen molar-refractivity contribution < 1.29 is 9.50 Å². The van der Waals surface area contributed by atoms with Crippen molar-refractivity contribution in [2.24, 2.45) is 0 Å². The van der Waals surface area contributed by atoms with Crippen molar-refractivity contribution in [3.05, 3.63) is 41.8 Å². The molecule has 0 bridgehead atoms. The molecule has 0 aliphatic carbocycles. The summed E-state index contributed by atoms with van der Waals surface area (Å²) < 4.78 is 13.0. The lowest BCUT2D eigenvalue weighted by Crippen LogP contribution is -2.45. The molecule has 1 aromatic heterocycles. The van der Waals surface area contributed by atoms with Gasteiger partial charge in [-0.3, -0.25) is 5.10 Å². The molecular weight excluding hydrogens is 283 g/mol. The van der Waals surface area contributed by atoms with Gasteiger partial charge in [0.1, 0.15) is 5.82 Å². The highest BCUT2D eigenvalue weighted by Gasteiger charge is 2.21. The van der Waals surface area contributed by atoms with E-state index in [0.29, 0.717) is 19.6 Å². The van der Waals surface area contributed by atoms with Gasteiger partial charge in [-0.2, -0.15) is 5.10 Å².